The molecule has 0 radical (unpaired) electrons. The Balaban J connectivity index is 1.96. The third-order valence-corrected chi connectivity index (χ3v) is 4.93. The number of nitrogens with zero attached hydrogens (tertiary/aromatic N) is 1. The van der Waals surface area contributed by atoms with Crippen LogP contribution in [0.5, 0.6) is 0 Å². The normalized spacial score (nSPS) is 31.7. The molecular weight excluding hydrogens is 238 g/mol. The largest absolute Gasteiger partial charge is 0.342 e. The molecule has 0 amide bonds. The molecule has 5 rings (SSSR count). The van der Waals surface area contributed by atoms with Crippen LogP contribution in [0, 0.1) is 6.92 Å². The number of fused-ring (bicyclic) bond motifs is 4. The van der Waals surface area contributed by atoms with Crippen LogP contribution >= 0.6 is 0 Å². The van der Waals surface area contributed by atoms with Gasteiger partial charge in [0.25, 0.3) is 0 Å². The molecule has 3 heterocycles. The standard InChI is InChI=1S/C16H17NO2/c1-10-4-2-5-12-13-6-3-7-16-15(13)17(14(10)12)8-11(19-16)9-18-16/h2,4-5,11H,3,6-9H2,1H3/t11-,16-/m1/s1. The van der Waals surface area contributed by atoms with Crippen molar-refractivity contribution in [3.8, 4) is 0 Å². The summed E-state index contributed by atoms with van der Waals surface area (Å²) < 4.78 is 14.8. The maximum atomic E-state index is 6.22. The number of ether oxygens (including phenoxy) is 2. The molecule has 2 aliphatic heterocycles. The van der Waals surface area contributed by atoms with E-state index in [0.29, 0.717) is 0 Å². The molecule has 19 heavy (non-hydrogen) atoms. The zero-order chi connectivity index (χ0) is 12.6. The summed E-state index contributed by atoms with van der Waals surface area (Å²) in [5, 5.41) is 1.41. The van der Waals surface area contributed by atoms with Crippen molar-refractivity contribution in [2.24, 2.45) is 0 Å². The molecule has 98 valence electrons. The van der Waals surface area contributed by atoms with E-state index in [-0.39, 0.29) is 6.10 Å². The van der Waals surface area contributed by atoms with Crippen LogP contribution in [0.3, 0.4) is 0 Å². The number of hydrogen-bond acceptors (Lipinski definition) is 2. The average molecular weight is 255 g/mol. The molecule has 1 fully saturated rings. The molecule has 2 aromatic rings. The fraction of sp³-hybridized carbons (Fsp3) is 0.500. The van der Waals surface area contributed by atoms with Crippen molar-refractivity contribution in [3.05, 3.63) is 35.0 Å². The van der Waals surface area contributed by atoms with Gasteiger partial charge in [0, 0.05) is 11.8 Å². The smallest absolute Gasteiger partial charge is 0.211 e. The molecule has 3 aliphatic rings. The van der Waals surface area contributed by atoms with Crippen LogP contribution in [0.1, 0.15) is 29.7 Å². The third kappa shape index (κ3) is 1.12. The van der Waals surface area contributed by atoms with Crippen molar-refractivity contribution in [2.45, 2.75) is 44.6 Å². The second-order valence-corrected chi connectivity index (χ2v) is 6.07. The van der Waals surface area contributed by atoms with Gasteiger partial charge in [-0.25, -0.2) is 0 Å². The maximum Gasteiger partial charge on any atom is 0.211 e. The van der Waals surface area contributed by atoms with Gasteiger partial charge in [-0.3, -0.25) is 0 Å². The Morgan fingerprint density at radius 3 is 3.26 bits per heavy atom. The van der Waals surface area contributed by atoms with Gasteiger partial charge < -0.3 is 14.0 Å². The second kappa shape index (κ2) is 3.22. The van der Waals surface area contributed by atoms with Crippen LogP contribution < -0.4 is 0 Å². The van der Waals surface area contributed by atoms with Crippen LogP contribution in [0.25, 0.3) is 10.9 Å². The van der Waals surface area contributed by atoms with Crippen molar-refractivity contribution in [1.29, 1.82) is 0 Å². The topological polar surface area (TPSA) is 23.4 Å². The van der Waals surface area contributed by atoms with Gasteiger partial charge in [-0.1, -0.05) is 18.2 Å². The van der Waals surface area contributed by atoms with E-state index >= 15 is 0 Å². The number of aryl methyl sites for hydroxylation is 2. The van der Waals surface area contributed by atoms with Gasteiger partial charge in [0.15, 0.2) is 0 Å². The molecule has 1 saturated heterocycles. The first-order valence-electron chi connectivity index (χ1n) is 7.21. The minimum atomic E-state index is -0.429. The molecular formula is C16H17NO2. The summed E-state index contributed by atoms with van der Waals surface area (Å²) in [6, 6.07) is 6.64. The van der Waals surface area contributed by atoms with Crippen LogP contribution in [0.15, 0.2) is 18.2 Å². The highest BCUT2D eigenvalue weighted by Gasteiger charge is 2.52. The molecule has 3 nitrogen and oxygen atoms in total. The van der Waals surface area contributed by atoms with Gasteiger partial charge in [0.05, 0.1) is 24.4 Å². The van der Waals surface area contributed by atoms with Crippen molar-refractivity contribution < 1.29 is 9.47 Å². The fourth-order valence-corrected chi connectivity index (χ4v) is 4.26. The zero-order valence-electron chi connectivity index (χ0n) is 11.1. The van der Waals surface area contributed by atoms with Crippen LogP contribution in [0.2, 0.25) is 0 Å². The Kier molecular flexibility index (Phi) is 1.77. The number of para-hydroxylation sites is 1. The summed E-state index contributed by atoms with van der Waals surface area (Å²) in [4.78, 5) is 0. The minimum absolute atomic E-state index is 0.230. The summed E-state index contributed by atoms with van der Waals surface area (Å²) in [5.41, 5.74) is 5.54. The lowest BCUT2D eigenvalue weighted by Gasteiger charge is -2.37. The van der Waals surface area contributed by atoms with E-state index in [0.717, 1.165) is 32.4 Å². The summed E-state index contributed by atoms with van der Waals surface area (Å²) in [6.45, 7) is 3.90. The SMILES string of the molecule is Cc1cccc2c3c4n(c12)C[C@@H]1CO[C@]4(CCC3)O1. The van der Waals surface area contributed by atoms with E-state index < -0.39 is 5.79 Å². The minimum Gasteiger partial charge on any atom is -0.342 e. The van der Waals surface area contributed by atoms with E-state index in [1.165, 1.54) is 27.7 Å². The molecule has 2 atom stereocenters. The number of rotatable bonds is 0. The van der Waals surface area contributed by atoms with E-state index in [9.17, 15) is 0 Å². The summed E-state index contributed by atoms with van der Waals surface area (Å²) in [5.74, 6) is -0.429. The molecule has 1 aliphatic carbocycles. The number of benzene rings is 1. The molecule has 0 saturated carbocycles. The van der Waals surface area contributed by atoms with Crippen LogP contribution in [-0.2, 0) is 28.2 Å². The van der Waals surface area contributed by atoms with E-state index in [2.05, 4.69) is 29.7 Å². The molecule has 2 bridgehead atoms. The highest BCUT2D eigenvalue weighted by Crippen LogP contribution is 2.50. The third-order valence-electron chi connectivity index (χ3n) is 4.93. The lowest BCUT2D eigenvalue weighted by atomic mass is 9.90. The van der Waals surface area contributed by atoms with E-state index in [1.54, 1.807) is 0 Å². The van der Waals surface area contributed by atoms with Gasteiger partial charge >= 0.3 is 0 Å². The first kappa shape index (κ1) is 10.5. The summed E-state index contributed by atoms with van der Waals surface area (Å²) >= 11 is 0. The zero-order valence-corrected chi connectivity index (χ0v) is 11.1. The Hall–Kier alpha value is -1.32. The monoisotopic (exact) mass is 255 g/mol. The summed E-state index contributed by atoms with van der Waals surface area (Å²) in [6.07, 6.45) is 3.55. The second-order valence-electron chi connectivity index (χ2n) is 6.07. The number of hydrogen-bond donors (Lipinski definition) is 0. The lowest BCUT2D eigenvalue weighted by molar-refractivity contribution is -0.201. The highest BCUT2D eigenvalue weighted by atomic mass is 16.7. The molecule has 1 aromatic heterocycles. The molecule has 1 aromatic carbocycles. The molecule has 0 unspecified atom stereocenters. The van der Waals surface area contributed by atoms with E-state index in [4.69, 9.17) is 9.47 Å². The Labute approximate surface area is 112 Å². The first-order valence-corrected chi connectivity index (χ1v) is 7.21. The molecule has 0 N–H and O–H groups in total. The van der Waals surface area contributed by atoms with Gasteiger partial charge in [-0.15, -0.1) is 0 Å². The highest BCUT2D eigenvalue weighted by molar-refractivity contribution is 5.89. The van der Waals surface area contributed by atoms with Crippen molar-refractivity contribution in [2.75, 3.05) is 6.61 Å². The Bertz CT molecular complexity index is 698. The Morgan fingerprint density at radius 2 is 2.32 bits per heavy atom. The predicted octanol–water partition coefficient (Wildman–Crippen LogP) is 2.87. The lowest BCUT2D eigenvalue weighted by Crippen LogP contribution is -2.39. The van der Waals surface area contributed by atoms with Gasteiger partial charge in [0.2, 0.25) is 5.79 Å². The van der Waals surface area contributed by atoms with E-state index in [1.807, 2.05) is 0 Å². The average Bonchev–Trinajstić information content (AvgIpc) is 2.90. The fourth-order valence-electron chi connectivity index (χ4n) is 4.26. The van der Waals surface area contributed by atoms with Crippen molar-refractivity contribution in [1.82, 2.24) is 4.57 Å². The first-order chi connectivity index (χ1) is 9.28. The Morgan fingerprint density at radius 1 is 1.37 bits per heavy atom. The molecule has 3 heteroatoms. The van der Waals surface area contributed by atoms with Crippen LogP contribution in [-0.4, -0.2) is 17.3 Å². The number of aromatic nitrogens is 1. The van der Waals surface area contributed by atoms with Crippen molar-refractivity contribution >= 4 is 10.9 Å². The van der Waals surface area contributed by atoms with Gasteiger partial charge in [0.1, 0.15) is 6.10 Å². The van der Waals surface area contributed by atoms with Gasteiger partial charge in [-0.2, -0.15) is 0 Å². The molecule has 1 spiro atoms. The van der Waals surface area contributed by atoms with Gasteiger partial charge in [-0.05, 0) is 30.9 Å². The summed E-state index contributed by atoms with van der Waals surface area (Å²) in [7, 11) is 0. The van der Waals surface area contributed by atoms with Crippen LogP contribution in [0.4, 0.5) is 0 Å². The predicted molar refractivity (Wildman–Crippen MR) is 72.1 cm³/mol. The van der Waals surface area contributed by atoms with Crippen molar-refractivity contribution in [3.63, 3.8) is 0 Å². The quantitative estimate of drug-likeness (QED) is 0.722. The maximum absolute atomic E-state index is 6.22.